The van der Waals surface area contributed by atoms with Gasteiger partial charge in [0, 0.05) is 31.6 Å². The van der Waals surface area contributed by atoms with Gasteiger partial charge in [-0.15, -0.1) is 5.10 Å². The summed E-state index contributed by atoms with van der Waals surface area (Å²) in [6.07, 6.45) is 3.58. The number of rotatable bonds is 8. The maximum atomic E-state index is 9.70. The Morgan fingerprint density at radius 2 is 1.97 bits per heavy atom. The Kier molecular flexibility index (Phi) is 6.20. The standard InChI is InChI=1S/C27H24ClN9O/c1-38-21-6-2-16(3-7-21)15-36(19-4-5-19)26-25-32-14-20(11-30)37(25)35-27(34-26)33-23-9-17(10-29)8-22(24(23)28)18-12-31-13-18/h2-3,6-9,14,18-19,31H,4-5,12-13,15H2,1H3,(H,33,35). The number of nitriles is 2. The second-order valence-corrected chi connectivity index (χ2v) is 9.85. The van der Waals surface area contributed by atoms with Gasteiger partial charge in [0.15, 0.2) is 17.2 Å². The first kappa shape index (κ1) is 24.0. The number of anilines is 3. The van der Waals surface area contributed by atoms with Crippen LogP contribution in [0.2, 0.25) is 5.02 Å². The molecule has 11 heteroatoms. The van der Waals surface area contributed by atoms with Crippen LogP contribution >= 0.6 is 11.6 Å². The quantitative estimate of drug-likeness (QED) is 0.349. The summed E-state index contributed by atoms with van der Waals surface area (Å²) in [6.45, 7) is 2.23. The largest absolute Gasteiger partial charge is 0.497 e. The van der Waals surface area contributed by atoms with E-state index in [2.05, 4.69) is 37.8 Å². The first-order valence-electron chi connectivity index (χ1n) is 12.3. The fraction of sp³-hybridized carbons (Fsp3) is 0.296. The van der Waals surface area contributed by atoms with E-state index in [1.807, 2.05) is 30.3 Å². The third-order valence-corrected chi connectivity index (χ3v) is 7.35. The summed E-state index contributed by atoms with van der Waals surface area (Å²) in [6, 6.07) is 16.1. The van der Waals surface area contributed by atoms with Crippen LogP contribution in [0.1, 0.15) is 41.1 Å². The lowest BCUT2D eigenvalue weighted by atomic mass is 9.92. The summed E-state index contributed by atoms with van der Waals surface area (Å²) in [5, 5.41) is 30.9. The highest BCUT2D eigenvalue weighted by atomic mass is 35.5. The zero-order valence-electron chi connectivity index (χ0n) is 20.6. The molecule has 0 spiro atoms. The van der Waals surface area contributed by atoms with Gasteiger partial charge in [-0.1, -0.05) is 23.7 Å². The van der Waals surface area contributed by atoms with Gasteiger partial charge in [-0.3, -0.25) is 0 Å². The minimum absolute atomic E-state index is 0.240. The number of hydrogen-bond donors (Lipinski definition) is 2. The maximum absolute atomic E-state index is 9.70. The molecular formula is C27H24ClN9O. The molecule has 4 aromatic rings. The maximum Gasteiger partial charge on any atom is 0.247 e. The van der Waals surface area contributed by atoms with E-state index in [1.54, 1.807) is 13.2 Å². The normalized spacial score (nSPS) is 14.9. The Morgan fingerprint density at radius 3 is 2.61 bits per heavy atom. The minimum Gasteiger partial charge on any atom is -0.497 e. The number of ether oxygens (including phenoxy) is 1. The molecular weight excluding hydrogens is 502 g/mol. The third kappa shape index (κ3) is 4.45. The molecule has 1 saturated heterocycles. The summed E-state index contributed by atoms with van der Waals surface area (Å²) in [5.74, 6) is 1.92. The number of nitrogens with zero attached hydrogens (tertiary/aromatic N) is 7. The summed E-state index contributed by atoms with van der Waals surface area (Å²) < 4.78 is 6.81. The number of fused-ring (bicyclic) bond motifs is 1. The van der Waals surface area contributed by atoms with Gasteiger partial charge in [0.25, 0.3) is 0 Å². The lowest BCUT2D eigenvalue weighted by Gasteiger charge is -2.29. The van der Waals surface area contributed by atoms with Gasteiger partial charge in [-0.2, -0.15) is 20.0 Å². The van der Waals surface area contributed by atoms with Crippen LogP contribution in [0.5, 0.6) is 5.75 Å². The Labute approximate surface area is 224 Å². The smallest absolute Gasteiger partial charge is 0.247 e. The second kappa shape index (κ2) is 9.82. The van der Waals surface area contributed by atoms with Crippen molar-refractivity contribution >= 4 is 34.7 Å². The molecule has 6 rings (SSSR count). The molecule has 0 amide bonds. The van der Waals surface area contributed by atoms with Gasteiger partial charge < -0.3 is 20.3 Å². The average Bonchev–Trinajstić information content (AvgIpc) is 3.67. The van der Waals surface area contributed by atoms with Gasteiger partial charge in [0.2, 0.25) is 5.95 Å². The van der Waals surface area contributed by atoms with Crippen molar-refractivity contribution in [2.24, 2.45) is 0 Å². The summed E-state index contributed by atoms with van der Waals surface area (Å²) >= 11 is 6.80. The van der Waals surface area contributed by atoms with E-state index in [1.165, 1.54) is 10.7 Å². The van der Waals surface area contributed by atoms with Crippen molar-refractivity contribution < 1.29 is 4.74 Å². The molecule has 2 N–H and O–H groups in total. The van der Waals surface area contributed by atoms with Crippen LogP contribution in [0.15, 0.2) is 42.6 Å². The van der Waals surface area contributed by atoms with Gasteiger partial charge in [0.1, 0.15) is 11.8 Å². The van der Waals surface area contributed by atoms with Gasteiger partial charge >= 0.3 is 0 Å². The van der Waals surface area contributed by atoms with Crippen LogP contribution < -0.4 is 20.3 Å². The van der Waals surface area contributed by atoms with Crippen molar-refractivity contribution in [3.63, 3.8) is 0 Å². The summed E-state index contributed by atoms with van der Waals surface area (Å²) in [5.41, 5.74) is 3.85. The number of benzene rings is 2. The Balaban J connectivity index is 1.42. The number of hydrogen-bond acceptors (Lipinski definition) is 9. The predicted molar refractivity (Wildman–Crippen MR) is 143 cm³/mol. The Bertz CT molecular complexity index is 1590. The SMILES string of the molecule is COc1ccc(CN(c2nc(Nc3cc(C#N)cc(C4CNC4)c3Cl)nn3c(C#N)cnc23)C2CC2)cc1. The highest BCUT2D eigenvalue weighted by molar-refractivity contribution is 6.34. The molecule has 0 bridgehead atoms. The first-order chi connectivity index (χ1) is 18.6. The van der Waals surface area contributed by atoms with E-state index in [0.717, 1.165) is 42.8 Å². The lowest BCUT2D eigenvalue weighted by Crippen LogP contribution is -2.40. The molecule has 0 atom stereocenters. The lowest BCUT2D eigenvalue weighted by molar-refractivity contribution is 0.414. The predicted octanol–water partition coefficient (Wildman–Crippen LogP) is 4.13. The van der Waals surface area contributed by atoms with E-state index in [-0.39, 0.29) is 11.9 Å². The number of methoxy groups -OCH3 is 1. The van der Waals surface area contributed by atoms with E-state index in [4.69, 9.17) is 21.3 Å². The molecule has 0 unspecified atom stereocenters. The first-order valence-corrected chi connectivity index (χ1v) is 12.7. The van der Waals surface area contributed by atoms with Crippen molar-refractivity contribution in [1.82, 2.24) is 24.9 Å². The van der Waals surface area contributed by atoms with Crippen LogP contribution in [-0.4, -0.2) is 45.8 Å². The van der Waals surface area contributed by atoms with Gasteiger partial charge in [0.05, 0.1) is 35.6 Å². The van der Waals surface area contributed by atoms with Crippen molar-refractivity contribution in [2.75, 3.05) is 30.4 Å². The highest BCUT2D eigenvalue weighted by Gasteiger charge is 2.33. The van der Waals surface area contributed by atoms with Crippen molar-refractivity contribution in [3.8, 4) is 17.9 Å². The van der Waals surface area contributed by atoms with Crippen LogP contribution in [0.3, 0.4) is 0 Å². The minimum atomic E-state index is 0.240. The van der Waals surface area contributed by atoms with E-state index in [9.17, 15) is 10.5 Å². The molecule has 38 heavy (non-hydrogen) atoms. The second-order valence-electron chi connectivity index (χ2n) is 9.48. The molecule has 0 radical (unpaired) electrons. The fourth-order valence-electron chi connectivity index (χ4n) is 4.61. The topological polar surface area (TPSA) is 127 Å². The zero-order valence-corrected chi connectivity index (χ0v) is 21.4. The highest BCUT2D eigenvalue weighted by Crippen LogP contribution is 2.37. The summed E-state index contributed by atoms with van der Waals surface area (Å²) in [7, 11) is 1.65. The molecule has 1 aliphatic heterocycles. The molecule has 1 saturated carbocycles. The van der Waals surface area contributed by atoms with Gasteiger partial charge in [-0.25, -0.2) is 4.98 Å². The molecule has 190 valence electrons. The van der Waals surface area contributed by atoms with Crippen LogP contribution in [-0.2, 0) is 6.54 Å². The molecule has 2 aromatic carbocycles. The molecule has 1 aliphatic carbocycles. The number of nitrogens with one attached hydrogen (secondary N) is 2. The Hall–Kier alpha value is -4.38. The monoisotopic (exact) mass is 525 g/mol. The zero-order chi connectivity index (χ0) is 26.2. The molecule has 2 aliphatic rings. The van der Waals surface area contributed by atoms with Crippen LogP contribution in [0, 0.1) is 22.7 Å². The Morgan fingerprint density at radius 1 is 1.18 bits per heavy atom. The van der Waals surface area contributed by atoms with E-state index >= 15 is 0 Å². The van der Waals surface area contributed by atoms with Crippen molar-refractivity contribution in [1.29, 1.82) is 10.5 Å². The molecule has 2 aromatic heterocycles. The van der Waals surface area contributed by atoms with Crippen molar-refractivity contribution in [3.05, 3.63) is 70.0 Å². The number of imidazole rings is 1. The van der Waals surface area contributed by atoms with Crippen LogP contribution in [0.4, 0.5) is 17.5 Å². The molecule has 2 fully saturated rings. The van der Waals surface area contributed by atoms with Crippen molar-refractivity contribution in [2.45, 2.75) is 31.3 Å². The molecule has 10 nitrogen and oxygen atoms in total. The number of aromatic nitrogens is 4. The van der Waals surface area contributed by atoms with E-state index < -0.39 is 0 Å². The third-order valence-electron chi connectivity index (χ3n) is 6.93. The average molecular weight is 526 g/mol. The number of halogens is 1. The van der Waals surface area contributed by atoms with Crippen LogP contribution in [0.25, 0.3) is 5.65 Å². The summed E-state index contributed by atoms with van der Waals surface area (Å²) in [4.78, 5) is 11.6. The van der Waals surface area contributed by atoms with E-state index in [0.29, 0.717) is 46.0 Å². The molecule has 3 heterocycles. The van der Waals surface area contributed by atoms with Gasteiger partial charge in [-0.05, 0) is 48.2 Å². The fourth-order valence-corrected chi connectivity index (χ4v) is 4.92.